The van der Waals surface area contributed by atoms with Crippen LogP contribution in [-0.4, -0.2) is 9.55 Å². The second kappa shape index (κ2) is 5.23. The monoisotopic (exact) mass is 348 g/mol. The molecule has 2 nitrogen and oxygen atoms in total. The first-order valence-electron chi connectivity index (χ1n) is 6.41. The predicted molar refractivity (Wildman–Crippen MR) is 87.8 cm³/mol. The zero-order valence-corrected chi connectivity index (χ0v) is 13.7. The van der Waals surface area contributed by atoms with Crippen molar-refractivity contribution in [3.05, 3.63) is 57.8 Å². The molecule has 0 saturated heterocycles. The maximum absolute atomic E-state index is 6.08. The van der Waals surface area contributed by atoms with Gasteiger partial charge in [0.1, 0.15) is 5.82 Å². The minimum Gasteiger partial charge on any atom is -0.295 e. The number of rotatable bonds is 2. The topological polar surface area (TPSA) is 17.8 Å². The van der Waals surface area contributed by atoms with Gasteiger partial charge < -0.3 is 0 Å². The lowest BCUT2D eigenvalue weighted by molar-refractivity contribution is 0.976. The maximum atomic E-state index is 6.08. The highest BCUT2D eigenvalue weighted by atomic mass is 79.9. The normalized spacial score (nSPS) is 11.2. The SMILES string of the molecule is Cc1cc(-n2c(CCl)nc3cccc(C)c32)ccc1Br. The van der Waals surface area contributed by atoms with E-state index in [1.165, 1.54) is 11.1 Å². The molecule has 1 aromatic heterocycles. The molecule has 0 atom stereocenters. The summed E-state index contributed by atoms with van der Waals surface area (Å²) in [7, 11) is 0. The molecule has 0 bridgehead atoms. The number of hydrogen-bond acceptors (Lipinski definition) is 1. The number of fused-ring (bicyclic) bond motifs is 1. The standard InChI is InChI=1S/C16H14BrClN2/c1-10-4-3-5-14-16(10)20(15(9-18)19-14)12-6-7-13(17)11(2)8-12/h3-8H,9H2,1-2H3. The smallest absolute Gasteiger partial charge is 0.129 e. The van der Waals surface area contributed by atoms with Gasteiger partial charge in [-0.2, -0.15) is 0 Å². The molecule has 3 rings (SSSR count). The zero-order chi connectivity index (χ0) is 14.3. The molecule has 0 aliphatic rings. The van der Waals surface area contributed by atoms with E-state index in [-0.39, 0.29) is 0 Å². The largest absolute Gasteiger partial charge is 0.295 e. The summed E-state index contributed by atoms with van der Waals surface area (Å²) in [5.74, 6) is 1.26. The molecule has 20 heavy (non-hydrogen) atoms. The van der Waals surface area contributed by atoms with E-state index in [0.29, 0.717) is 5.88 Å². The molecule has 0 fully saturated rings. The lowest BCUT2D eigenvalue weighted by Crippen LogP contribution is -2.00. The van der Waals surface area contributed by atoms with Crippen LogP contribution in [0.25, 0.3) is 16.7 Å². The van der Waals surface area contributed by atoms with Gasteiger partial charge in [-0.25, -0.2) is 4.98 Å². The summed E-state index contributed by atoms with van der Waals surface area (Å²) in [6.07, 6.45) is 0. The van der Waals surface area contributed by atoms with Crippen molar-refractivity contribution in [2.24, 2.45) is 0 Å². The van der Waals surface area contributed by atoms with E-state index in [1.54, 1.807) is 0 Å². The Bertz CT molecular complexity index is 793. The Morgan fingerprint density at radius 1 is 1.15 bits per heavy atom. The second-order valence-electron chi connectivity index (χ2n) is 4.87. The summed E-state index contributed by atoms with van der Waals surface area (Å²) in [5.41, 5.74) is 5.61. The molecule has 0 saturated carbocycles. The fourth-order valence-electron chi connectivity index (χ4n) is 2.48. The summed E-state index contributed by atoms with van der Waals surface area (Å²) in [4.78, 5) is 4.64. The van der Waals surface area contributed by atoms with E-state index in [4.69, 9.17) is 11.6 Å². The van der Waals surface area contributed by atoms with Crippen molar-refractivity contribution >= 4 is 38.6 Å². The first-order valence-corrected chi connectivity index (χ1v) is 7.74. The Morgan fingerprint density at radius 2 is 1.95 bits per heavy atom. The molecule has 102 valence electrons. The van der Waals surface area contributed by atoms with E-state index >= 15 is 0 Å². The molecule has 0 aliphatic carbocycles. The van der Waals surface area contributed by atoms with Crippen molar-refractivity contribution in [1.82, 2.24) is 9.55 Å². The molecule has 0 radical (unpaired) electrons. The Hall–Kier alpha value is -1.32. The summed E-state index contributed by atoms with van der Waals surface area (Å²) in [6, 6.07) is 12.5. The van der Waals surface area contributed by atoms with Gasteiger partial charge in [0.05, 0.1) is 16.9 Å². The van der Waals surface area contributed by atoms with E-state index < -0.39 is 0 Å². The molecular formula is C16H14BrClN2. The average Bonchev–Trinajstić information content (AvgIpc) is 2.82. The third kappa shape index (κ3) is 2.15. The number of imidazole rings is 1. The highest BCUT2D eigenvalue weighted by Gasteiger charge is 2.13. The maximum Gasteiger partial charge on any atom is 0.129 e. The summed E-state index contributed by atoms with van der Waals surface area (Å²) < 4.78 is 3.26. The fourth-order valence-corrected chi connectivity index (χ4v) is 2.90. The summed E-state index contributed by atoms with van der Waals surface area (Å²) in [5, 5.41) is 0. The summed E-state index contributed by atoms with van der Waals surface area (Å²) in [6.45, 7) is 4.18. The third-order valence-electron chi connectivity index (χ3n) is 3.47. The molecule has 0 unspecified atom stereocenters. The Labute approximate surface area is 131 Å². The molecule has 0 amide bonds. The van der Waals surface area contributed by atoms with Crippen molar-refractivity contribution in [1.29, 1.82) is 0 Å². The van der Waals surface area contributed by atoms with Crippen LogP contribution in [0.3, 0.4) is 0 Å². The highest BCUT2D eigenvalue weighted by molar-refractivity contribution is 9.10. The van der Waals surface area contributed by atoms with Crippen LogP contribution in [0.5, 0.6) is 0 Å². The lowest BCUT2D eigenvalue weighted by Gasteiger charge is -2.11. The molecule has 1 heterocycles. The highest BCUT2D eigenvalue weighted by Crippen LogP contribution is 2.27. The number of nitrogens with zero attached hydrogens (tertiary/aromatic N) is 2. The van der Waals surface area contributed by atoms with Crippen LogP contribution in [0.1, 0.15) is 17.0 Å². The molecule has 0 spiro atoms. The Balaban J connectivity index is 2.36. The van der Waals surface area contributed by atoms with Gasteiger partial charge in [-0.15, -0.1) is 11.6 Å². The number of halogens is 2. The number of hydrogen-bond donors (Lipinski definition) is 0. The lowest BCUT2D eigenvalue weighted by atomic mass is 10.2. The van der Waals surface area contributed by atoms with Crippen LogP contribution < -0.4 is 0 Å². The third-order valence-corrected chi connectivity index (χ3v) is 4.60. The van der Waals surface area contributed by atoms with Gasteiger partial charge in [0.2, 0.25) is 0 Å². The average molecular weight is 350 g/mol. The van der Waals surface area contributed by atoms with Crippen molar-refractivity contribution in [3.63, 3.8) is 0 Å². The zero-order valence-electron chi connectivity index (χ0n) is 11.3. The minimum atomic E-state index is 0.392. The first kappa shape index (κ1) is 13.7. The number of benzene rings is 2. The van der Waals surface area contributed by atoms with E-state index in [0.717, 1.165) is 27.0 Å². The number of para-hydroxylation sites is 1. The van der Waals surface area contributed by atoms with Gasteiger partial charge in [0.25, 0.3) is 0 Å². The minimum absolute atomic E-state index is 0.392. The molecular weight excluding hydrogens is 336 g/mol. The number of aryl methyl sites for hydroxylation is 2. The van der Waals surface area contributed by atoms with Gasteiger partial charge in [0, 0.05) is 10.2 Å². The quantitative estimate of drug-likeness (QED) is 0.585. The van der Waals surface area contributed by atoms with Crippen LogP contribution in [0.15, 0.2) is 40.9 Å². The van der Waals surface area contributed by atoms with Gasteiger partial charge in [-0.05, 0) is 49.2 Å². The second-order valence-corrected chi connectivity index (χ2v) is 5.99. The molecule has 2 aromatic carbocycles. The van der Waals surface area contributed by atoms with Crippen LogP contribution in [0, 0.1) is 13.8 Å². The van der Waals surface area contributed by atoms with Gasteiger partial charge >= 0.3 is 0 Å². The van der Waals surface area contributed by atoms with Gasteiger partial charge in [-0.3, -0.25) is 4.57 Å². The van der Waals surface area contributed by atoms with Crippen LogP contribution in [0.2, 0.25) is 0 Å². The molecule has 4 heteroatoms. The fraction of sp³-hybridized carbons (Fsp3) is 0.188. The summed E-state index contributed by atoms with van der Waals surface area (Å²) >= 11 is 9.63. The predicted octanol–water partition coefficient (Wildman–Crippen LogP) is 5.14. The van der Waals surface area contributed by atoms with Crippen LogP contribution in [0.4, 0.5) is 0 Å². The van der Waals surface area contributed by atoms with Crippen molar-refractivity contribution in [2.75, 3.05) is 0 Å². The van der Waals surface area contributed by atoms with Gasteiger partial charge in [-0.1, -0.05) is 28.1 Å². The Kier molecular flexibility index (Phi) is 3.57. The molecule has 0 aliphatic heterocycles. The van der Waals surface area contributed by atoms with Crippen molar-refractivity contribution in [3.8, 4) is 5.69 Å². The first-order chi connectivity index (χ1) is 9.61. The van der Waals surface area contributed by atoms with Crippen LogP contribution >= 0.6 is 27.5 Å². The van der Waals surface area contributed by atoms with E-state index in [2.05, 4.69) is 63.6 Å². The Morgan fingerprint density at radius 3 is 2.65 bits per heavy atom. The van der Waals surface area contributed by atoms with Crippen LogP contribution in [-0.2, 0) is 5.88 Å². The number of alkyl halides is 1. The molecule has 0 N–H and O–H groups in total. The van der Waals surface area contributed by atoms with Gasteiger partial charge in [0.15, 0.2) is 0 Å². The number of aromatic nitrogens is 2. The van der Waals surface area contributed by atoms with Crippen molar-refractivity contribution < 1.29 is 0 Å². The van der Waals surface area contributed by atoms with Crippen molar-refractivity contribution in [2.45, 2.75) is 19.7 Å². The van der Waals surface area contributed by atoms with E-state index in [1.807, 2.05) is 12.1 Å². The van der Waals surface area contributed by atoms with E-state index in [9.17, 15) is 0 Å². The molecule has 3 aromatic rings.